The zero-order chi connectivity index (χ0) is 5.98. The third-order valence-electron chi connectivity index (χ3n) is 1.43. The molecule has 1 aliphatic heterocycles. The summed E-state index contributed by atoms with van der Waals surface area (Å²) in [7, 11) is 0. The molecule has 0 N–H and O–H groups in total. The minimum absolute atomic E-state index is 0.345. The van der Waals surface area contributed by atoms with Crippen LogP contribution in [-0.2, 0) is 4.79 Å². The van der Waals surface area contributed by atoms with Crippen LogP contribution in [0.15, 0.2) is 0 Å². The Labute approximate surface area is 56.0 Å². The third kappa shape index (κ3) is 1.33. The van der Waals surface area contributed by atoms with Crippen molar-refractivity contribution in [1.29, 1.82) is 0 Å². The van der Waals surface area contributed by atoms with Gasteiger partial charge >= 0.3 is 55.4 Å². The molecule has 0 bridgehead atoms. The molecule has 0 aromatic carbocycles. The predicted octanol–water partition coefficient (Wildman–Crippen LogP) is 1.07. The third-order valence-corrected chi connectivity index (χ3v) is 3.90. The molecule has 1 unspecified atom stereocenters. The van der Waals surface area contributed by atoms with Gasteiger partial charge in [0.25, 0.3) is 0 Å². The quantitative estimate of drug-likeness (QED) is 0.506. The van der Waals surface area contributed by atoms with Crippen molar-refractivity contribution in [3.05, 3.63) is 0 Å². The van der Waals surface area contributed by atoms with Crippen LogP contribution in [-0.4, -0.2) is 19.6 Å². The minimum atomic E-state index is 0.345. The molecule has 0 aliphatic carbocycles. The maximum absolute atomic E-state index is 10.8. The fourth-order valence-corrected chi connectivity index (χ4v) is 2.74. The Balaban J connectivity index is 2.39. The van der Waals surface area contributed by atoms with E-state index in [1.165, 1.54) is 11.7 Å². The summed E-state index contributed by atoms with van der Waals surface area (Å²) in [6, 6.07) is 0. The Bertz CT molecular complexity index is 101. The van der Waals surface area contributed by atoms with Crippen molar-refractivity contribution >= 4 is 19.6 Å². The first kappa shape index (κ1) is 6.31. The van der Waals surface area contributed by atoms with Crippen LogP contribution < -0.4 is 0 Å². The second-order valence-electron chi connectivity index (χ2n) is 2.21. The number of hydrogen-bond acceptors (Lipinski definition) is 1. The molecule has 0 aromatic rings. The number of hydrogen-bond donors (Lipinski definition) is 0. The number of carbonyl (C=O) groups excluding carboxylic acids is 1. The van der Waals surface area contributed by atoms with Crippen molar-refractivity contribution in [3.8, 4) is 0 Å². The van der Waals surface area contributed by atoms with E-state index < -0.39 is 0 Å². The Hall–Kier alpha value is 0.189. The molecule has 1 heterocycles. The van der Waals surface area contributed by atoms with Gasteiger partial charge in [-0.3, -0.25) is 0 Å². The van der Waals surface area contributed by atoms with Crippen LogP contribution in [0.5, 0.6) is 0 Å². The first-order valence-corrected chi connectivity index (χ1v) is 5.04. The molecule has 0 spiro atoms. The van der Waals surface area contributed by atoms with Gasteiger partial charge < -0.3 is 0 Å². The van der Waals surface area contributed by atoms with Crippen molar-refractivity contribution in [2.45, 2.75) is 25.1 Å². The Morgan fingerprint density at radius 3 is 2.88 bits per heavy atom. The fraction of sp³-hybridized carbons (Fsp3) is 0.833. The zero-order valence-electron chi connectivity index (χ0n) is 5.02. The van der Waals surface area contributed by atoms with E-state index in [9.17, 15) is 4.79 Å². The predicted molar refractivity (Wildman–Crippen MR) is 34.0 cm³/mol. The average Bonchev–Trinajstić information content (AvgIpc) is 1.77. The van der Waals surface area contributed by atoms with Crippen LogP contribution in [0.2, 0.25) is 5.32 Å². The normalized spacial score (nSPS) is 30.6. The maximum atomic E-state index is 10.8. The molecular formula is C6H10OSe. The average molecular weight is 177 g/mol. The molecule has 1 fully saturated rings. The van der Waals surface area contributed by atoms with E-state index in [1.807, 2.05) is 6.92 Å². The van der Waals surface area contributed by atoms with E-state index in [0.717, 1.165) is 6.42 Å². The molecule has 1 aliphatic rings. The topological polar surface area (TPSA) is 17.1 Å². The van der Waals surface area contributed by atoms with E-state index in [0.29, 0.717) is 25.6 Å². The van der Waals surface area contributed by atoms with Gasteiger partial charge in [-0.05, 0) is 0 Å². The van der Waals surface area contributed by atoms with E-state index in [-0.39, 0.29) is 0 Å². The monoisotopic (exact) mass is 178 g/mol. The van der Waals surface area contributed by atoms with Gasteiger partial charge in [0.05, 0.1) is 0 Å². The van der Waals surface area contributed by atoms with Crippen LogP contribution in [0, 0.1) is 5.92 Å². The van der Waals surface area contributed by atoms with Crippen molar-refractivity contribution in [2.24, 2.45) is 5.92 Å². The van der Waals surface area contributed by atoms with E-state index in [2.05, 4.69) is 0 Å². The molecule has 0 radical (unpaired) electrons. The molecule has 46 valence electrons. The van der Waals surface area contributed by atoms with Gasteiger partial charge in [-0.25, -0.2) is 0 Å². The van der Waals surface area contributed by atoms with Crippen molar-refractivity contribution in [1.82, 2.24) is 0 Å². The van der Waals surface area contributed by atoms with Gasteiger partial charge in [0.1, 0.15) is 0 Å². The summed E-state index contributed by atoms with van der Waals surface area (Å²) in [5, 5.41) is 1.19. The van der Waals surface area contributed by atoms with Crippen LogP contribution >= 0.6 is 0 Å². The second kappa shape index (κ2) is 2.65. The molecule has 2 heteroatoms. The summed E-state index contributed by atoms with van der Waals surface area (Å²) in [6.45, 7) is 2.04. The summed E-state index contributed by atoms with van der Waals surface area (Å²) in [5.74, 6) is 0.392. The summed E-state index contributed by atoms with van der Waals surface area (Å²) >= 11 is 0.345. The first-order chi connectivity index (χ1) is 3.80. The Morgan fingerprint density at radius 1 is 1.75 bits per heavy atom. The summed E-state index contributed by atoms with van der Waals surface area (Å²) in [6.07, 6.45) is 2.42. The molecule has 1 nitrogen and oxygen atoms in total. The van der Waals surface area contributed by atoms with Crippen molar-refractivity contribution in [2.75, 3.05) is 0 Å². The second-order valence-corrected chi connectivity index (χ2v) is 4.52. The van der Waals surface area contributed by atoms with Gasteiger partial charge in [0, 0.05) is 0 Å². The van der Waals surface area contributed by atoms with E-state index >= 15 is 0 Å². The van der Waals surface area contributed by atoms with Crippen LogP contribution in [0.1, 0.15) is 19.8 Å². The van der Waals surface area contributed by atoms with Gasteiger partial charge in [-0.2, -0.15) is 0 Å². The molecule has 1 atom stereocenters. The van der Waals surface area contributed by atoms with Crippen LogP contribution in [0.3, 0.4) is 0 Å². The summed E-state index contributed by atoms with van der Waals surface area (Å²) < 4.78 is 0.531. The standard InChI is InChI=1S/C6H10OSe/c1-5-3-2-4-8-6(5)7/h5H,2-4H2,1H3. The SMILES string of the molecule is CC1CCC[Se]C1=O. The Morgan fingerprint density at radius 2 is 2.50 bits per heavy atom. The van der Waals surface area contributed by atoms with Crippen molar-refractivity contribution in [3.63, 3.8) is 0 Å². The van der Waals surface area contributed by atoms with Crippen LogP contribution in [0.25, 0.3) is 0 Å². The fourth-order valence-electron chi connectivity index (χ4n) is 0.822. The molecule has 0 amide bonds. The van der Waals surface area contributed by atoms with Gasteiger partial charge in [0.2, 0.25) is 0 Å². The van der Waals surface area contributed by atoms with Gasteiger partial charge in [-0.1, -0.05) is 0 Å². The summed E-state index contributed by atoms with van der Waals surface area (Å²) in [5.41, 5.74) is 0. The van der Waals surface area contributed by atoms with Gasteiger partial charge in [-0.15, -0.1) is 0 Å². The van der Waals surface area contributed by atoms with Crippen molar-refractivity contribution < 1.29 is 4.79 Å². The molecule has 1 rings (SSSR count). The molecular weight excluding hydrogens is 167 g/mol. The summed E-state index contributed by atoms with van der Waals surface area (Å²) in [4.78, 5) is 10.8. The van der Waals surface area contributed by atoms with E-state index in [1.54, 1.807) is 0 Å². The number of rotatable bonds is 0. The van der Waals surface area contributed by atoms with E-state index in [4.69, 9.17) is 0 Å². The zero-order valence-corrected chi connectivity index (χ0v) is 6.73. The first-order valence-electron chi connectivity index (χ1n) is 2.97. The molecule has 8 heavy (non-hydrogen) atoms. The molecule has 0 aromatic heterocycles. The molecule has 1 saturated heterocycles. The van der Waals surface area contributed by atoms with Gasteiger partial charge in [0.15, 0.2) is 0 Å². The van der Waals surface area contributed by atoms with Crippen LogP contribution in [0.4, 0.5) is 0 Å². The molecule has 0 saturated carbocycles. The Kier molecular flexibility index (Phi) is 2.09. The number of carbonyl (C=O) groups is 1.